The average Bonchev–Trinajstić information content (AvgIpc) is 2.93. The minimum absolute atomic E-state index is 0.103. The number of rotatable bonds is 4. The molecule has 1 fully saturated rings. The third-order valence-corrected chi connectivity index (χ3v) is 4.36. The Kier molecular flexibility index (Phi) is 4.64. The second-order valence-electron chi connectivity index (χ2n) is 6.03. The van der Waals surface area contributed by atoms with Crippen molar-refractivity contribution in [1.29, 1.82) is 0 Å². The lowest BCUT2D eigenvalue weighted by molar-refractivity contribution is -0.384. The molecule has 2 aromatic carbocycles. The molecule has 1 atom stereocenters. The van der Waals surface area contributed by atoms with Crippen LogP contribution >= 0.6 is 0 Å². The van der Waals surface area contributed by atoms with Crippen LogP contribution in [0.4, 0.5) is 11.4 Å². The van der Waals surface area contributed by atoms with Gasteiger partial charge in [0.1, 0.15) is 5.75 Å². The number of nitrogens with zero attached hydrogens (tertiary/aromatic N) is 2. The molecule has 1 aliphatic heterocycles. The van der Waals surface area contributed by atoms with Gasteiger partial charge in [0.2, 0.25) is 0 Å². The molecule has 27 heavy (non-hydrogen) atoms. The fraction of sp³-hybridized carbons (Fsp3) is 0.158. The smallest absolute Gasteiger partial charge is 0.300 e. The molecule has 1 heterocycles. The van der Waals surface area contributed by atoms with E-state index in [4.69, 9.17) is 10.5 Å². The lowest BCUT2D eigenvalue weighted by Gasteiger charge is -2.26. The molecular weight excluding hydrogens is 350 g/mol. The zero-order valence-corrected chi connectivity index (χ0v) is 14.7. The number of benzene rings is 2. The van der Waals surface area contributed by atoms with Crippen LogP contribution in [0.3, 0.4) is 0 Å². The van der Waals surface area contributed by atoms with E-state index in [1.807, 2.05) is 0 Å². The van der Waals surface area contributed by atoms with E-state index in [2.05, 4.69) is 0 Å². The van der Waals surface area contributed by atoms with E-state index in [0.29, 0.717) is 17.0 Å². The first kappa shape index (κ1) is 18.1. The van der Waals surface area contributed by atoms with Gasteiger partial charge in [-0.2, -0.15) is 0 Å². The normalized spacial score (nSPS) is 18.6. The number of methoxy groups -OCH3 is 1. The van der Waals surface area contributed by atoms with Gasteiger partial charge < -0.3 is 10.5 Å². The molecule has 2 aromatic rings. The predicted octanol–water partition coefficient (Wildman–Crippen LogP) is 2.49. The summed E-state index contributed by atoms with van der Waals surface area (Å²) in [5.41, 5.74) is 6.83. The minimum Gasteiger partial charge on any atom is -0.495 e. The van der Waals surface area contributed by atoms with Crippen molar-refractivity contribution in [3.8, 4) is 5.75 Å². The third-order valence-electron chi connectivity index (χ3n) is 4.36. The third kappa shape index (κ3) is 3.01. The summed E-state index contributed by atoms with van der Waals surface area (Å²) in [5, 5.41) is 11.2. The number of ether oxygens (including phenoxy) is 1. The summed E-state index contributed by atoms with van der Waals surface area (Å²) in [6.45, 7) is 1.52. The molecule has 1 saturated heterocycles. The Balaban J connectivity index is 2.26. The van der Waals surface area contributed by atoms with Crippen LogP contribution in [0.15, 0.2) is 59.8 Å². The number of amides is 1. The van der Waals surface area contributed by atoms with Gasteiger partial charge in [0.05, 0.1) is 29.3 Å². The Hall–Kier alpha value is -3.68. The molecular formula is C19H17N3O5. The zero-order valence-electron chi connectivity index (χ0n) is 14.7. The molecule has 1 unspecified atom stereocenters. The fourth-order valence-electron chi connectivity index (χ4n) is 3.19. The van der Waals surface area contributed by atoms with Gasteiger partial charge in [0.15, 0.2) is 0 Å². The number of hydrogen-bond donors (Lipinski definition) is 1. The van der Waals surface area contributed by atoms with E-state index < -0.39 is 22.7 Å². The second-order valence-corrected chi connectivity index (χ2v) is 6.03. The maximum Gasteiger partial charge on any atom is 0.300 e. The maximum atomic E-state index is 12.8. The monoisotopic (exact) mass is 367 g/mol. The maximum absolute atomic E-state index is 12.8. The number of para-hydroxylation sites is 2. The van der Waals surface area contributed by atoms with Gasteiger partial charge in [0.25, 0.3) is 17.4 Å². The predicted molar refractivity (Wildman–Crippen MR) is 98.2 cm³/mol. The molecule has 0 aliphatic carbocycles. The van der Waals surface area contributed by atoms with Gasteiger partial charge in [-0.25, -0.2) is 0 Å². The van der Waals surface area contributed by atoms with Crippen LogP contribution in [0.25, 0.3) is 0 Å². The van der Waals surface area contributed by atoms with Gasteiger partial charge >= 0.3 is 0 Å². The number of allylic oxidation sites excluding steroid dienone is 1. The lowest BCUT2D eigenvalue weighted by Crippen LogP contribution is -2.29. The highest BCUT2D eigenvalue weighted by atomic mass is 16.6. The van der Waals surface area contributed by atoms with Crippen LogP contribution in [0.1, 0.15) is 18.5 Å². The molecule has 0 spiro atoms. The number of anilines is 1. The molecule has 8 heteroatoms. The quantitative estimate of drug-likeness (QED) is 0.384. The number of nitrogens with two attached hydrogens (primary N) is 1. The summed E-state index contributed by atoms with van der Waals surface area (Å²) in [4.78, 5) is 37.3. The number of nitro benzene ring substituents is 1. The number of carbonyl (C=O) groups excluding carboxylic acids is 2. The van der Waals surface area contributed by atoms with Crippen LogP contribution in [0, 0.1) is 10.1 Å². The molecule has 138 valence electrons. The Bertz CT molecular complexity index is 979. The largest absolute Gasteiger partial charge is 0.495 e. The van der Waals surface area contributed by atoms with Crippen molar-refractivity contribution >= 4 is 23.1 Å². The van der Waals surface area contributed by atoms with E-state index in [1.54, 1.807) is 30.3 Å². The zero-order chi connectivity index (χ0) is 19.7. The highest BCUT2D eigenvalue weighted by molar-refractivity contribution is 6.51. The van der Waals surface area contributed by atoms with Gasteiger partial charge in [-0.1, -0.05) is 24.3 Å². The van der Waals surface area contributed by atoms with E-state index in [-0.39, 0.29) is 17.0 Å². The first-order valence-electron chi connectivity index (χ1n) is 8.08. The summed E-state index contributed by atoms with van der Waals surface area (Å²) in [5.74, 6) is -1.11. The van der Waals surface area contributed by atoms with Crippen molar-refractivity contribution in [2.24, 2.45) is 5.73 Å². The standard InChI is InChI=1S/C19H17N3O5/c1-11(20)16-17(12-6-5-7-13(10-12)22(25)26)21(19(24)18(16)23)14-8-3-4-9-15(14)27-2/h3-10,17H,20H2,1-2H3. The van der Waals surface area contributed by atoms with Crippen LogP contribution in [-0.2, 0) is 9.59 Å². The summed E-state index contributed by atoms with van der Waals surface area (Å²) in [6, 6.07) is 11.7. The Labute approximate surface area is 155 Å². The molecule has 0 bridgehead atoms. The molecule has 3 rings (SSSR count). The topological polar surface area (TPSA) is 116 Å². The molecule has 1 amide bonds. The van der Waals surface area contributed by atoms with E-state index in [0.717, 1.165) is 0 Å². The number of carbonyl (C=O) groups is 2. The van der Waals surface area contributed by atoms with Crippen molar-refractivity contribution in [3.05, 3.63) is 75.5 Å². The molecule has 0 radical (unpaired) electrons. The van der Waals surface area contributed by atoms with Crippen molar-refractivity contribution < 1.29 is 19.2 Å². The fourth-order valence-corrected chi connectivity index (χ4v) is 3.19. The Morgan fingerprint density at radius 2 is 1.89 bits per heavy atom. The second kappa shape index (κ2) is 6.91. The Morgan fingerprint density at radius 1 is 1.19 bits per heavy atom. The highest BCUT2D eigenvalue weighted by Crippen LogP contribution is 2.43. The number of hydrogen-bond acceptors (Lipinski definition) is 6. The first-order valence-corrected chi connectivity index (χ1v) is 8.08. The highest BCUT2D eigenvalue weighted by Gasteiger charge is 2.46. The molecule has 2 N–H and O–H groups in total. The van der Waals surface area contributed by atoms with E-state index >= 15 is 0 Å². The average molecular weight is 367 g/mol. The first-order chi connectivity index (χ1) is 12.9. The van der Waals surface area contributed by atoms with Gasteiger partial charge in [-0.05, 0) is 24.6 Å². The number of non-ortho nitro benzene ring substituents is 1. The van der Waals surface area contributed by atoms with Gasteiger partial charge in [-0.15, -0.1) is 0 Å². The minimum atomic E-state index is -0.883. The number of ketones is 1. The van der Waals surface area contributed by atoms with Crippen LogP contribution < -0.4 is 15.4 Å². The van der Waals surface area contributed by atoms with Crippen molar-refractivity contribution in [3.63, 3.8) is 0 Å². The van der Waals surface area contributed by atoms with Gasteiger partial charge in [0, 0.05) is 17.8 Å². The number of Topliss-reactive ketones (excluding diaryl/α,β-unsaturated/α-hetero) is 1. The van der Waals surface area contributed by atoms with Crippen molar-refractivity contribution in [1.82, 2.24) is 0 Å². The lowest BCUT2D eigenvalue weighted by atomic mass is 9.96. The molecule has 0 saturated carbocycles. The van der Waals surface area contributed by atoms with Crippen LogP contribution in [0.2, 0.25) is 0 Å². The summed E-state index contributed by atoms with van der Waals surface area (Å²) in [7, 11) is 1.45. The van der Waals surface area contributed by atoms with Crippen molar-refractivity contribution in [2.75, 3.05) is 12.0 Å². The summed E-state index contributed by atoms with van der Waals surface area (Å²) in [6.07, 6.45) is 0. The molecule has 1 aliphatic rings. The summed E-state index contributed by atoms with van der Waals surface area (Å²) < 4.78 is 5.32. The number of nitro groups is 1. The van der Waals surface area contributed by atoms with E-state index in [9.17, 15) is 19.7 Å². The summed E-state index contributed by atoms with van der Waals surface area (Å²) >= 11 is 0. The van der Waals surface area contributed by atoms with Crippen molar-refractivity contribution in [2.45, 2.75) is 13.0 Å². The van der Waals surface area contributed by atoms with Crippen LogP contribution in [0.5, 0.6) is 5.75 Å². The van der Waals surface area contributed by atoms with Crippen LogP contribution in [-0.4, -0.2) is 23.7 Å². The van der Waals surface area contributed by atoms with E-state index in [1.165, 1.54) is 37.1 Å². The van der Waals surface area contributed by atoms with Gasteiger partial charge in [-0.3, -0.25) is 24.6 Å². The Morgan fingerprint density at radius 3 is 2.52 bits per heavy atom. The molecule has 0 aromatic heterocycles. The molecule has 8 nitrogen and oxygen atoms in total. The SMILES string of the molecule is COc1ccccc1N1C(=O)C(=O)C(=C(C)N)C1c1cccc([N+](=O)[O-])c1.